The average molecular weight is 261 g/mol. The molecule has 0 saturated carbocycles. The summed E-state index contributed by atoms with van der Waals surface area (Å²) in [6.45, 7) is 1.56. The number of nitrogens with zero attached hydrogens (tertiary/aromatic N) is 2. The van der Waals surface area contributed by atoms with Gasteiger partial charge >= 0.3 is 0 Å². The topological polar surface area (TPSA) is 79.4 Å². The molecule has 1 fully saturated rings. The molecule has 0 bridgehead atoms. The van der Waals surface area contributed by atoms with E-state index in [9.17, 15) is 14.4 Å². The van der Waals surface area contributed by atoms with Crippen LogP contribution in [0.25, 0.3) is 0 Å². The van der Waals surface area contributed by atoms with Crippen LogP contribution >= 0.6 is 0 Å². The Hall–Kier alpha value is -2.24. The molecule has 6 heteroatoms. The van der Waals surface area contributed by atoms with E-state index in [4.69, 9.17) is 0 Å². The molecule has 1 unspecified atom stereocenters. The zero-order valence-corrected chi connectivity index (χ0v) is 10.6. The molecule has 1 aliphatic heterocycles. The third-order valence-electron chi connectivity index (χ3n) is 3.09. The summed E-state index contributed by atoms with van der Waals surface area (Å²) in [5, 5.41) is 2.21. The van der Waals surface area contributed by atoms with Crippen LogP contribution in [0.3, 0.4) is 0 Å². The Morgan fingerprint density at radius 3 is 3.00 bits per heavy atom. The average Bonchev–Trinajstić information content (AvgIpc) is 2.41. The van der Waals surface area contributed by atoms with Gasteiger partial charge in [-0.1, -0.05) is 6.07 Å². The maximum absolute atomic E-state index is 12.0. The summed E-state index contributed by atoms with van der Waals surface area (Å²) in [6, 6.07) is 3.09. The Kier molecular flexibility index (Phi) is 3.89. The first-order chi connectivity index (χ1) is 9.08. The molecule has 1 N–H and O–H groups in total. The van der Waals surface area contributed by atoms with Crippen LogP contribution in [0, 0.1) is 0 Å². The summed E-state index contributed by atoms with van der Waals surface area (Å²) in [4.78, 5) is 40.1. The Bertz CT molecular complexity index is 501. The first-order valence-corrected chi connectivity index (χ1v) is 6.10. The van der Waals surface area contributed by atoms with Gasteiger partial charge in [-0.05, 0) is 25.0 Å². The van der Waals surface area contributed by atoms with E-state index in [1.165, 1.54) is 4.90 Å². The van der Waals surface area contributed by atoms with Gasteiger partial charge < -0.3 is 4.90 Å². The van der Waals surface area contributed by atoms with Crippen LogP contribution in [0.15, 0.2) is 24.5 Å². The van der Waals surface area contributed by atoms with Gasteiger partial charge in [0.25, 0.3) is 0 Å². The van der Waals surface area contributed by atoms with Gasteiger partial charge in [0.1, 0.15) is 12.6 Å². The van der Waals surface area contributed by atoms with E-state index in [2.05, 4.69) is 10.3 Å². The first-order valence-electron chi connectivity index (χ1n) is 6.10. The fourth-order valence-corrected chi connectivity index (χ4v) is 1.96. The number of carbonyl (C=O) groups is 3. The second-order valence-electron chi connectivity index (χ2n) is 4.47. The number of hydrogen-bond acceptors (Lipinski definition) is 4. The van der Waals surface area contributed by atoms with Gasteiger partial charge in [-0.3, -0.25) is 24.7 Å². The largest absolute Gasteiger partial charge is 0.322 e. The Morgan fingerprint density at radius 2 is 2.32 bits per heavy atom. The van der Waals surface area contributed by atoms with E-state index >= 15 is 0 Å². The van der Waals surface area contributed by atoms with Crippen LogP contribution in [-0.4, -0.2) is 40.2 Å². The SMILES string of the molecule is CC1C(=O)NC(=O)CN1C(=O)CCc1cccnc1. The van der Waals surface area contributed by atoms with Crippen molar-refractivity contribution < 1.29 is 14.4 Å². The van der Waals surface area contributed by atoms with Crippen molar-refractivity contribution in [2.45, 2.75) is 25.8 Å². The van der Waals surface area contributed by atoms with E-state index in [0.717, 1.165) is 5.56 Å². The van der Waals surface area contributed by atoms with Crippen molar-refractivity contribution in [1.29, 1.82) is 0 Å². The van der Waals surface area contributed by atoms with Crippen molar-refractivity contribution in [1.82, 2.24) is 15.2 Å². The Labute approximate surface area is 110 Å². The lowest BCUT2D eigenvalue weighted by atomic mass is 10.1. The van der Waals surface area contributed by atoms with Gasteiger partial charge in [0.2, 0.25) is 17.7 Å². The summed E-state index contributed by atoms with van der Waals surface area (Å²) in [5.41, 5.74) is 0.955. The number of piperazine rings is 1. The fourth-order valence-electron chi connectivity index (χ4n) is 1.96. The van der Waals surface area contributed by atoms with Crippen molar-refractivity contribution in [3.63, 3.8) is 0 Å². The quantitative estimate of drug-likeness (QED) is 0.770. The van der Waals surface area contributed by atoms with E-state index in [1.807, 2.05) is 6.07 Å². The number of aryl methyl sites for hydroxylation is 1. The predicted octanol–water partition coefficient (Wildman–Crippen LogP) is -0.112. The fraction of sp³-hybridized carbons (Fsp3) is 0.385. The molecule has 0 spiro atoms. The molecule has 3 amide bonds. The molecule has 1 saturated heterocycles. The molecule has 6 nitrogen and oxygen atoms in total. The Morgan fingerprint density at radius 1 is 1.53 bits per heavy atom. The lowest BCUT2D eigenvalue weighted by molar-refractivity contribution is -0.149. The highest BCUT2D eigenvalue weighted by Gasteiger charge is 2.32. The molecule has 1 aromatic rings. The van der Waals surface area contributed by atoms with Gasteiger partial charge in [-0.25, -0.2) is 0 Å². The van der Waals surface area contributed by atoms with E-state index in [0.29, 0.717) is 6.42 Å². The number of nitrogens with one attached hydrogen (secondary N) is 1. The molecular weight excluding hydrogens is 246 g/mol. The number of imide groups is 1. The van der Waals surface area contributed by atoms with Crippen LogP contribution in [0.2, 0.25) is 0 Å². The molecule has 1 aromatic heterocycles. The highest BCUT2D eigenvalue weighted by atomic mass is 16.2. The van der Waals surface area contributed by atoms with Crippen LogP contribution in [0.4, 0.5) is 0 Å². The van der Waals surface area contributed by atoms with Gasteiger partial charge in [0, 0.05) is 18.8 Å². The van der Waals surface area contributed by atoms with Gasteiger partial charge in [-0.2, -0.15) is 0 Å². The zero-order valence-electron chi connectivity index (χ0n) is 10.6. The van der Waals surface area contributed by atoms with Crippen molar-refractivity contribution in [3.8, 4) is 0 Å². The van der Waals surface area contributed by atoms with Gasteiger partial charge in [0.15, 0.2) is 0 Å². The second-order valence-corrected chi connectivity index (χ2v) is 4.47. The summed E-state index contributed by atoms with van der Waals surface area (Å²) >= 11 is 0. The highest BCUT2D eigenvalue weighted by Crippen LogP contribution is 2.09. The summed E-state index contributed by atoms with van der Waals surface area (Å²) in [5.74, 6) is -1.05. The van der Waals surface area contributed by atoms with E-state index in [-0.39, 0.29) is 18.9 Å². The number of aromatic nitrogens is 1. The molecule has 0 radical (unpaired) electrons. The van der Waals surface area contributed by atoms with Crippen LogP contribution in [0.5, 0.6) is 0 Å². The standard InChI is InChI=1S/C13H15N3O3/c1-9-13(19)15-11(17)8-16(9)12(18)5-4-10-3-2-6-14-7-10/h2-3,6-7,9H,4-5,8H2,1H3,(H,15,17,19). The molecule has 19 heavy (non-hydrogen) atoms. The van der Waals surface area contributed by atoms with Crippen molar-refractivity contribution in [3.05, 3.63) is 30.1 Å². The molecule has 2 heterocycles. The lowest BCUT2D eigenvalue weighted by Gasteiger charge is -2.31. The van der Waals surface area contributed by atoms with Crippen molar-refractivity contribution >= 4 is 17.7 Å². The zero-order chi connectivity index (χ0) is 13.8. The molecule has 2 rings (SSSR count). The minimum Gasteiger partial charge on any atom is -0.322 e. The first kappa shape index (κ1) is 13.2. The third kappa shape index (κ3) is 3.15. The minimum atomic E-state index is -0.598. The predicted molar refractivity (Wildman–Crippen MR) is 66.9 cm³/mol. The normalized spacial score (nSPS) is 19.2. The maximum atomic E-state index is 12.0. The molecule has 0 aromatic carbocycles. The van der Waals surface area contributed by atoms with Crippen LogP contribution in [0.1, 0.15) is 18.9 Å². The molecule has 1 aliphatic rings. The van der Waals surface area contributed by atoms with Crippen LogP contribution < -0.4 is 5.32 Å². The molecule has 1 atom stereocenters. The number of pyridine rings is 1. The van der Waals surface area contributed by atoms with Crippen molar-refractivity contribution in [2.24, 2.45) is 0 Å². The molecule has 100 valence electrons. The number of hydrogen-bond donors (Lipinski definition) is 1. The van der Waals surface area contributed by atoms with Crippen LogP contribution in [-0.2, 0) is 20.8 Å². The summed E-state index contributed by atoms with van der Waals surface area (Å²) in [6.07, 6.45) is 4.17. The number of amides is 3. The second kappa shape index (κ2) is 5.60. The highest BCUT2D eigenvalue weighted by molar-refractivity contribution is 6.04. The minimum absolute atomic E-state index is 0.0568. The van der Waals surface area contributed by atoms with Crippen molar-refractivity contribution in [2.75, 3.05) is 6.54 Å². The summed E-state index contributed by atoms with van der Waals surface area (Å²) < 4.78 is 0. The van der Waals surface area contributed by atoms with Gasteiger partial charge in [-0.15, -0.1) is 0 Å². The lowest BCUT2D eigenvalue weighted by Crippen LogP contribution is -2.58. The van der Waals surface area contributed by atoms with E-state index < -0.39 is 17.9 Å². The monoisotopic (exact) mass is 261 g/mol. The van der Waals surface area contributed by atoms with Gasteiger partial charge in [0.05, 0.1) is 0 Å². The smallest absolute Gasteiger partial charge is 0.249 e. The Balaban J connectivity index is 1.95. The number of rotatable bonds is 3. The number of carbonyl (C=O) groups excluding carboxylic acids is 3. The maximum Gasteiger partial charge on any atom is 0.249 e. The molecular formula is C13H15N3O3. The van der Waals surface area contributed by atoms with E-state index in [1.54, 1.807) is 25.4 Å². The summed E-state index contributed by atoms with van der Waals surface area (Å²) in [7, 11) is 0. The molecule has 0 aliphatic carbocycles. The third-order valence-corrected chi connectivity index (χ3v) is 3.09.